The first-order valence-electron chi connectivity index (χ1n) is 4.16. The lowest BCUT2D eigenvalue weighted by Gasteiger charge is -2.39. The summed E-state index contributed by atoms with van der Waals surface area (Å²) in [5.74, 6) is 0. The molecule has 1 aliphatic heterocycles. The zero-order chi connectivity index (χ0) is 10.7. The van der Waals surface area contributed by atoms with Crippen molar-refractivity contribution in [2.75, 3.05) is 13.7 Å². The Morgan fingerprint density at radius 1 is 1.21 bits per heavy atom. The summed E-state index contributed by atoms with van der Waals surface area (Å²) in [6, 6.07) is 0. The Balaban J connectivity index is 2.63. The van der Waals surface area contributed by atoms with Gasteiger partial charge in [-0.05, 0) is 0 Å². The van der Waals surface area contributed by atoms with Crippen LogP contribution in [0.15, 0.2) is 0 Å². The van der Waals surface area contributed by atoms with Gasteiger partial charge in [0.15, 0.2) is 6.29 Å². The van der Waals surface area contributed by atoms with Crippen LogP contribution in [0.2, 0.25) is 0 Å². The molecule has 14 heavy (non-hydrogen) atoms. The van der Waals surface area contributed by atoms with E-state index in [1.807, 2.05) is 9.47 Å². The molecule has 1 rings (SSSR count). The Bertz CT molecular complexity index is 176. The lowest BCUT2D eigenvalue weighted by molar-refractivity contribution is -0.292. The maximum Gasteiger partial charge on any atom is 0.186 e. The molecule has 0 aromatic carbocycles. The third kappa shape index (κ3) is 2.41. The summed E-state index contributed by atoms with van der Waals surface area (Å²) < 4.78 is 14.7. The molecular weight excluding hydrogens is 211 g/mol. The fraction of sp³-hybridized carbons (Fsp3) is 1.00. The van der Waals surface area contributed by atoms with Gasteiger partial charge in [0.1, 0.15) is 24.4 Å². The Hall–Kier alpha value is 0.190. The smallest absolute Gasteiger partial charge is 0.186 e. The molecule has 0 saturated carbocycles. The van der Waals surface area contributed by atoms with E-state index in [9.17, 15) is 15.3 Å². The highest BCUT2D eigenvalue weighted by Crippen LogP contribution is 2.22. The van der Waals surface area contributed by atoms with E-state index in [1.165, 1.54) is 7.11 Å². The zero-order valence-corrected chi connectivity index (χ0v) is 8.89. The van der Waals surface area contributed by atoms with Gasteiger partial charge in [-0.2, -0.15) is 0 Å². The maximum atomic E-state index is 9.47. The van der Waals surface area contributed by atoms with Crippen LogP contribution < -0.4 is 0 Å². The average Bonchev–Trinajstić information content (AvgIpc) is 2.19. The number of methoxy groups -OCH3 is 1. The van der Waals surface area contributed by atoms with Crippen molar-refractivity contribution in [1.29, 1.82) is 0 Å². The molecule has 1 aliphatic rings. The maximum absolute atomic E-state index is 9.47. The van der Waals surface area contributed by atoms with Crippen LogP contribution in [-0.2, 0) is 14.0 Å². The van der Waals surface area contributed by atoms with Gasteiger partial charge in [-0.15, -0.1) is 0 Å². The lowest BCUT2D eigenvalue weighted by atomic mass is 9.99. The fourth-order valence-corrected chi connectivity index (χ4v) is 1.53. The van der Waals surface area contributed by atoms with Crippen molar-refractivity contribution in [3.05, 3.63) is 0 Å². The quantitative estimate of drug-likeness (QED) is 0.494. The Kier molecular flexibility index (Phi) is 4.66. The SMILES string of the molecule is COC1OC(COP)C(O)C(O)C1O. The van der Waals surface area contributed by atoms with Crippen molar-refractivity contribution in [1.82, 2.24) is 0 Å². The summed E-state index contributed by atoms with van der Waals surface area (Å²) in [6.45, 7) is 0.0927. The highest BCUT2D eigenvalue weighted by molar-refractivity contribution is 7.09. The minimum Gasteiger partial charge on any atom is -0.387 e. The molecule has 7 heteroatoms. The van der Waals surface area contributed by atoms with Crippen molar-refractivity contribution >= 4 is 9.47 Å². The molecule has 1 heterocycles. The van der Waals surface area contributed by atoms with E-state index in [1.54, 1.807) is 0 Å². The van der Waals surface area contributed by atoms with Gasteiger partial charge in [0, 0.05) is 16.6 Å². The summed E-state index contributed by atoms with van der Waals surface area (Å²) in [5.41, 5.74) is 0. The molecule has 0 radical (unpaired) electrons. The first-order chi connectivity index (χ1) is 6.61. The first-order valence-corrected chi connectivity index (χ1v) is 4.63. The van der Waals surface area contributed by atoms with Crippen LogP contribution in [0.1, 0.15) is 0 Å². The fourth-order valence-electron chi connectivity index (χ4n) is 1.34. The third-order valence-electron chi connectivity index (χ3n) is 2.16. The van der Waals surface area contributed by atoms with Gasteiger partial charge in [0.05, 0.1) is 6.61 Å². The molecule has 6 nitrogen and oxygen atoms in total. The molecule has 6 unspecified atom stereocenters. The van der Waals surface area contributed by atoms with Gasteiger partial charge < -0.3 is 29.3 Å². The Labute approximate surface area is 84.1 Å². The number of ether oxygens (including phenoxy) is 2. The molecule has 1 fully saturated rings. The minimum absolute atomic E-state index is 0.0927. The van der Waals surface area contributed by atoms with Gasteiger partial charge in [0.2, 0.25) is 0 Å². The van der Waals surface area contributed by atoms with Crippen LogP contribution in [-0.4, -0.2) is 59.7 Å². The monoisotopic (exact) mass is 226 g/mol. The van der Waals surface area contributed by atoms with Crippen LogP contribution in [0, 0.1) is 0 Å². The summed E-state index contributed by atoms with van der Waals surface area (Å²) in [6.07, 6.45) is -5.39. The number of hydrogen-bond acceptors (Lipinski definition) is 6. The summed E-state index contributed by atoms with van der Waals surface area (Å²) in [7, 11) is 3.36. The van der Waals surface area contributed by atoms with Crippen LogP contribution >= 0.6 is 9.47 Å². The van der Waals surface area contributed by atoms with Gasteiger partial charge in [-0.3, -0.25) is 0 Å². The molecule has 6 atom stereocenters. The van der Waals surface area contributed by atoms with Gasteiger partial charge in [0.25, 0.3) is 0 Å². The molecule has 0 aromatic rings. The largest absolute Gasteiger partial charge is 0.387 e. The number of rotatable bonds is 3. The molecule has 0 aliphatic carbocycles. The predicted octanol–water partition coefficient (Wildman–Crippen LogP) is -1.75. The molecule has 0 spiro atoms. The molecule has 84 valence electrons. The topological polar surface area (TPSA) is 88.4 Å². The zero-order valence-electron chi connectivity index (χ0n) is 7.74. The van der Waals surface area contributed by atoms with E-state index in [2.05, 4.69) is 0 Å². The summed E-state index contributed by atoms with van der Waals surface area (Å²) >= 11 is 0. The van der Waals surface area contributed by atoms with E-state index in [0.717, 1.165) is 0 Å². The van der Waals surface area contributed by atoms with Crippen LogP contribution in [0.25, 0.3) is 0 Å². The highest BCUT2D eigenvalue weighted by Gasteiger charge is 2.43. The van der Waals surface area contributed by atoms with E-state index < -0.39 is 30.7 Å². The van der Waals surface area contributed by atoms with Crippen LogP contribution in [0.3, 0.4) is 0 Å². The number of hydrogen-bond donors (Lipinski definition) is 3. The van der Waals surface area contributed by atoms with E-state index in [0.29, 0.717) is 0 Å². The van der Waals surface area contributed by atoms with Crippen molar-refractivity contribution in [2.45, 2.75) is 30.7 Å². The van der Waals surface area contributed by atoms with Crippen molar-refractivity contribution in [3.63, 3.8) is 0 Å². The lowest BCUT2D eigenvalue weighted by Crippen LogP contribution is -2.58. The summed E-state index contributed by atoms with van der Waals surface area (Å²) in [4.78, 5) is 0. The second kappa shape index (κ2) is 5.32. The van der Waals surface area contributed by atoms with Gasteiger partial charge in [-0.25, -0.2) is 0 Å². The third-order valence-corrected chi connectivity index (χ3v) is 2.35. The second-order valence-corrected chi connectivity index (χ2v) is 3.42. The standard InChI is InChI=1S/C7H15O6P/c1-11-7-6(10)5(9)4(8)3(13-7)2-12-14/h3-10H,2,14H2,1H3. The number of aliphatic hydroxyl groups is 3. The van der Waals surface area contributed by atoms with Crippen LogP contribution in [0.4, 0.5) is 0 Å². The summed E-state index contributed by atoms with van der Waals surface area (Å²) in [5, 5.41) is 28.3. The van der Waals surface area contributed by atoms with Crippen molar-refractivity contribution in [3.8, 4) is 0 Å². The van der Waals surface area contributed by atoms with Crippen molar-refractivity contribution in [2.24, 2.45) is 0 Å². The Morgan fingerprint density at radius 2 is 1.86 bits per heavy atom. The van der Waals surface area contributed by atoms with Crippen molar-refractivity contribution < 1.29 is 29.3 Å². The molecule has 0 bridgehead atoms. The van der Waals surface area contributed by atoms with Crippen LogP contribution in [0.5, 0.6) is 0 Å². The van der Waals surface area contributed by atoms with E-state index in [-0.39, 0.29) is 6.61 Å². The van der Waals surface area contributed by atoms with Gasteiger partial charge >= 0.3 is 0 Å². The van der Waals surface area contributed by atoms with E-state index >= 15 is 0 Å². The molecule has 0 aromatic heterocycles. The van der Waals surface area contributed by atoms with E-state index in [4.69, 9.17) is 14.0 Å². The molecular formula is C7H15O6P. The molecule has 3 N–H and O–H groups in total. The predicted molar refractivity (Wildman–Crippen MR) is 49.4 cm³/mol. The second-order valence-electron chi connectivity index (χ2n) is 3.08. The highest BCUT2D eigenvalue weighted by atomic mass is 31.0. The number of aliphatic hydroxyl groups excluding tert-OH is 3. The Morgan fingerprint density at radius 3 is 2.36 bits per heavy atom. The normalized spacial score (nSPS) is 43.9. The van der Waals surface area contributed by atoms with Gasteiger partial charge in [-0.1, -0.05) is 0 Å². The first kappa shape index (κ1) is 12.3. The minimum atomic E-state index is -1.29. The average molecular weight is 226 g/mol. The molecule has 1 saturated heterocycles. The molecule has 0 amide bonds.